The van der Waals surface area contributed by atoms with Crippen LogP contribution in [-0.2, 0) is 11.2 Å². The van der Waals surface area contributed by atoms with E-state index in [0.717, 1.165) is 40.1 Å². The van der Waals surface area contributed by atoms with Crippen LogP contribution >= 0.6 is 0 Å². The van der Waals surface area contributed by atoms with E-state index in [4.69, 9.17) is 9.15 Å². The highest BCUT2D eigenvalue weighted by Gasteiger charge is 2.13. The van der Waals surface area contributed by atoms with Crippen LogP contribution in [0.2, 0.25) is 0 Å². The summed E-state index contributed by atoms with van der Waals surface area (Å²) in [4.78, 5) is 14.6. The number of carbonyl (C=O) groups is 1. The van der Waals surface area contributed by atoms with Crippen LogP contribution in [0.1, 0.15) is 27.8 Å². The zero-order valence-corrected chi connectivity index (χ0v) is 16.2. The highest BCUT2D eigenvalue weighted by Crippen LogP contribution is 2.32. The summed E-state index contributed by atoms with van der Waals surface area (Å²) < 4.78 is 10.9. The molecule has 0 spiro atoms. The molecule has 3 aromatic rings. The Morgan fingerprint density at radius 2 is 2.04 bits per heavy atom. The monoisotopic (exact) mass is 376 g/mol. The smallest absolute Gasteiger partial charge is 0.207 e. The van der Waals surface area contributed by atoms with Crippen molar-refractivity contribution in [1.82, 2.24) is 10.3 Å². The van der Waals surface area contributed by atoms with Gasteiger partial charge in [0.1, 0.15) is 24.3 Å². The van der Waals surface area contributed by atoms with Crippen LogP contribution < -0.4 is 10.1 Å². The Labute approximate surface area is 165 Å². The van der Waals surface area contributed by atoms with Gasteiger partial charge in [-0.25, -0.2) is 4.98 Å². The summed E-state index contributed by atoms with van der Waals surface area (Å²) in [5, 5.41) is 2.61. The second-order valence-corrected chi connectivity index (χ2v) is 6.59. The summed E-state index contributed by atoms with van der Waals surface area (Å²) in [6, 6.07) is 10.5. The minimum atomic E-state index is 0.419. The maximum atomic E-state index is 10.4. The normalized spacial score (nSPS) is 10.5. The van der Waals surface area contributed by atoms with Gasteiger partial charge in [0.25, 0.3) is 0 Å². The maximum absolute atomic E-state index is 10.4. The van der Waals surface area contributed by atoms with Crippen LogP contribution in [0, 0.1) is 13.8 Å². The van der Waals surface area contributed by atoms with Crippen molar-refractivity contribution in [2.45, 2.75) is 20.3 Å². The third kappa shape index (κ3) is 4.31. The predicted molar refractivity (Wildman–Crippen MR) is 110 cm³/mol. The molecule has 0 aliphatic carbocycles. The first-order valence-corrected chi connectivity index (χ1v) is 9.17. The molecule has 0 radical (unpaired) electrons. The summed E-state index contributed by atoms with van der Waals surface area (Å²) in [5.74, 6) is 0.824. The summed E-state index contributed by atoms with van der Waals surface area (Å²) in [5.41, 5.74) is 7.53. The molecule has 0 unspecified atom stereocenters. The van der Waals surface area contributed by atoms with E-state index in [1.807, 2.05) is 13.0 Å². The zero-order chi connectivity index (χ0) is 19.9. The van der Waals surface area contributed by atoms with Gasteiger partial charge in [-0.2, -0.15) is 0 Å². The van der Waals surface area contributed by atoms with Crippen molar-refractivity contribution in [3.8, 4) is 17.0 Å². The van der Waals surface area contributed by atoms with Gasteiger partial charge >= 0.3 is 0 Å². The van der Waals surface area contributed by atoms with E-state index in [-0.39, 0.29) is 0 Å². The number of nitrogens with one attached hydrogen (secondary N) is 1. The SMILES string of the molecule is C=Cc1c(C)c(Cc2ccc(-c3cocn3)cc2)cc(C)c1OCCNC=O. The number of hydrogen-bond donors (Lipinski definition) is 1. The van der Waals surface area contributed by atoms with Crippen LogP contribution in [-0.4, -0.2) is 24.5 Å². The van der Waals surface area contributed by atoms with Gasteiger partial charge in [-0.05, 0) is 42.5 Å². The second-order valence-electron chi connectivity index (χ2n) is 6.59. The lowest BCUT2D eigenvalue weighted by Crippen LogP contribution is -2.19. The highest BCUT2D eigenvalue weighted by atomic mass is 16.5. The third-order valence-corrected chi connectivity index (χ3v) is 4.74. The number of ether oxygens (including phenoxy) is 1. The summed E-state index contributed by atoms with van der Waals surface area (Å²) in [6.07, 6.45) is 6.40. The molecule has 5 heteroatoms. The molecule has 1 heterocycles. The molecule has 2 aromatic carbocycles. The van der Waals surface area contributed by atoms with Crippen molar-refractivity contribution in [3.05, 3.63) is 77.4 Å². The molecule has 5 nitrogen and oxygen atoms in total. The number of oxazole rings is 1. The molecule has 1 amide bonds. The van der Waals surface area contributed by atoms with Gasteiger partial charge in [0.15, 0.2) is 6.39 Å². The highest BCUT2D eigenvalue weighted by molar-refractivity contribution is 5.65. The first-order chi connectivity index (χ1) is 13.6. The van der Waals surface area contributed by atoms with Crippen molar-refractivity contribution in [2.75, 3.05) is 13.2 Å². The van der Waals surface area contributed by atoms with Crippen LogP contribution in [0.4, 0.5) is 0 Å². The lowest BCUT2D eigenvalue weighted by Gasteiger charge is -2.18. The molecule has 1 aromatic heterocycles. The van der Waals surface area contributed by atoms with E-state index < -0.39 is 0 Å². The molecule has 3 rings (SSSR count). The molecule has 0 saturated heterocycles. The number of rotatable bonds is 9. The third-order valence-electron chi connectivity index (χ3n) is 4.74. The van der Waals surface area contributed by atoms with Gasteiger partial charge in [-0.3, -0.25) is 4.79 Å². The molecule has 0 aliphatic rings. The first-order valence-electron chi connectivity index (χ1n) is 9.17. The van der Waals surface area contributed by atoms with Crippen molar-refractivity contribution < 1.29 is 13.9 Å². The Kier molecular flexibility index (Phi) is 6.27. The van der Waals surface area contributed by atoms with Gasteiger partial charge < -0.3 is 14.5 Å². The summed E-state index contributed by atoms with van der Waals surface area (Å²) in [7, 11) is 0. The Bertz CT molecular complexity index is 945. The fourth-order valence-electron chi connectivity index (χ4n) is 3.25. The van der Waals surface area contributed by atoms with E-state index in [1.54, 1.807) is 6.26 Å². The Morgan fingerprint density at radius 1 is 1.25 bits per heavy atom. The van der Waals surface area contributed by atoms with E-state index in [9.17, 15) is 4.79 Å². The first kappa shape index (κ1) is 19.4. The summed E-state index contributed by atoms with van der Waals surface area (Å²) >= 11 is 0. The zero-order valence-electron chi connectivity index (χ0n) is 16.2. The number of hydrogen-bond acceptors (Lipinski definition) is 4. The van der Waals surface area contributed by atoms with Crippen LogP contribution in [0.5, 0.6) is 5.75 Å². The van der Waals surface area contributed by atoms with Gasteiger partial charge in [0.05, 0.1) is 6.54 Å². The van der Waals surface area contributed by atoms with Crippen LogP contribution in [0.3, 0.4) is 0 Å². The van der Waals surface area contributed by atoms with E-state index in [2.05, 4.69) is 54.1 Å². The fraction of sp³-hybridized carbons (Fsp3) is 0.217. The maximum Gasteiger partial charge on any atom is 0.207 e. The number of nitrogens with zero attached hydrogens (tertiary/aromatic N) is 1. The lowest BCUT2D eigenvalue weighted by molar-refractivity contribution is -0.109. The Balaban J connectivity index is 1.81. The standard InChI is InChI=1S/C23H24N2O3/c1-4-21-17(3)20(11-16(2)23(21)28-10-9-24-14-26)12-18-5-7-19(8-6-18)22-13-27-15-25-22/h4-8,11,13-15H,1,9-10,12H2,2-3H3,(H,24,26). The van der Waals surface area contributed by atoms with E-state index in [1.165, 1.54) is 17.5 Å². The molecule has 0 aliphatic heterocycles. The van der Waals surface area contributed by atoms with Gasteiger partial charge in [-0.15, -0.1) is 0 Å². The average molecular weight is 376 g/mol. The van der Waals surface area contributed by atoms with Gasteiger partial charge in [0, 0.05) is 11.1 Å². The molecule has 1 N–H and O–H groups in total. The minimum absolute atomic E-state index is 0.419. The lowest BCUT2D eigenvalue weighted by atomic mass is 9.93. The molecular weight excluding hydrogens is 352 g/mol. The second kappa shape index (κ2) is 9.04. The van der Waals surface area contributed by atoms with Gasteiger partial charge in [-0.1, -0.05) is 43.0 Å². The molecular formula is C23H24N2O3. The number of aryl methyl sites for hydroxylation is 1. The molecule has 144 valence electrons. The average Bonchev–Trinajstić information content (AvgIpc) is 3.24. The number of benzene rings is 2. The largest absolute Gasteiger partial charge is 0.491 e. The van der Waals surface area contributed by atoms with Crippen molar-refractivity contribution in [2.24, 2.45) is 0 Å². The van der Waals surface area contributed by atoms with Crippen molar-refractivity contribution in [3.63, 3.8) is 0 Å². The Morgan fingerprint density at radius 3 is 2.68 bits per heavy atom. The topological polar surface area (TPSA) is 64.4 Å². The Hall–Kier alpha value is -3.34. The molecule has 0 saturated carbocycles. The summed E-state index contributed by atoms with van der Waals surface area (Å²) in [6.45, 7) is 8.97. The molecule has 0 bridgehead atoms. The molecule has 28 heavy (non-hydrogen) atoms. The van der Waals surface area contributed by atoms with Crippen LogP contribution in [0.25, 0.3) is 17.3 Å². The van der Waals surface area contributed by atoms with Crippen molar-refractivity contribution >= 4 is 12.5 Å². The number of aromatic nitrogens is 1. The van der Waals surface area contributed by atoms with Crippen LogP contribution in [0.15, 0.2) is 54.0 Å². The quantitative estimate of drug-likeness (QED) is 0.446. The molecule has 0 fully saturated rings. The molecule has 0 atom stereocenters. The number of amides is 1. The minimum Gasteiger partial charge on any atom is -0.491 e. The van der Waals surface area contributed by atoms with Crippen molar-refractivity contribution in [1.29, 1.82) is 0 Å². The number of carbonyl (C=O) groups excluding carboxylic acids is 1. The van der Waals surface area contributed by atoms with E-state index >= 15 is 0 Å². The predicted octanol–water partition coefficient (Wildman–Crippen LogP) is 4.32. The van der Waals surface area contributed by atoms with Gasteiger partial charge in [0.2, 0.25) is 6.41 Å². The van der Waals surface area contributed by atoms with E-state index in [0.29, 0.717) is 19.6 Å². The fourth-order valence-corrected chi connectivity index (χ4v) is 3.25.